The first-order valence-corrected chi connectivity index (χ1v) is 6.46. The Bertz CT molecular complexity index is 561. The zero-order valence-electron chi connectivity index (χ0n) is 9.99. The molecule has 3 rings (SSSR count). The van der Waals surface area contributed by atoms with Crippen LogP contribution in [0.15, 0.2) is 22.6 Å². The van der Waals surface area contributed by atoms with Crippen LogP contribution in [0, 0.1) is 0 Å². The standard InChI is InChI=1S/C13H15ClN2O2/c14-9-2-1-3-10-11(9)18-12(16-10)13(8-15)4-6-17-7-5-13/h1-3H,4-8,15H2. The van der Waals surface area contributed by atoms with Crippen molar-refractivity contribution in [3.63, 3.8) is 0 Å². The number of aromatic nitrogens is 1. The summed E-state index contributed by atoms with van der Waals surface area (Å²) in [5.41, 5.74) is 7.17. The lowest BCUT2D eigenvalue weighted by Crippen LogP contribution is -2.40. The van der Waals surface area contributed by atoms with Crippen LogP contribution in [0.1, 0.15) is 18.7 Å². The van der Waals surface area contributed by atoms with E-state index in [-0.39, 0.29) is 5.41 Å². The van der Waals surface area contributed by atoms with Gasteiger partial charge in [-0.2, -0.15) is 0 Å². The van der Waals surface area contributed by atoms with E-state index in [1.165, 1.54) is 0 Å². The molecular formula is C13H15ClN2O2. The van der Waals surface area contributed by atoms with E-state index in [9.17, 15) is 0 Å². The number of hydrogen-bond acceptors (Lipinski definition) is 4. The van der Waals surface area contributed by atoms with Crippen molar-refractivity contribution in [3.8, 4) is 0 Å². The molecule has 1 saturated heterocycles. The summed E-state index contributed by atoms with van der Waals surface area (Å²) in [6.07, 6.45) is 1.68. The third kappa shape index (κ3) is 1.81. The van der Waals surface area contributed by atoms with Gasteiger partial charge in [-0.1, -0.05) is 17.7 Å². The molecule has 0 saturated carbocycles. The smallest absolute Gasteiger partial charge is 0.203 e. The molecule has 0 atom stereocenters. The van der Waals surface area contributed by atoms with Gasteiger partial charge < -0.3 is 14.9 Å². The first kappa shape index (κ1) is 12.0. The van der Waals surface area contributed by atoms with Crippen molar-refractivity contribution in [2.24, 2.45) is 5.73 Å². The van der Waals surface area contributed by atoms with Crippen LogP contribution in [0.5, 0.6) is 0 Å². The van der Waals surface area contributed by atoms with Gasteiger partial charge in [-0.25, -0.2) is 4.98 Å². The minimum atomic E-state index is -0.208. The van der Waals surface area contributed by atoms with Crippen molar-refractivity contribution in [3.05, 3.63) is 29.1 Å². The first-order chi connectivity index (χ1) is 8.75. The molecule has 2 N–H and O–H groups in total. The zero-order chi connectivity index (χ0) is 12.6. The predicted molar refractivity (Wildman–Crippen MR) is 69.8 cm³/mol. The zero-order valence-corrected chi connectivity index (χ0v) is 10.7. The van der Waals surface area contributed by atoms with Gasteiger partial charge in [0.25, 0.3) is 0 Å². The van der Waals surface area contributed by atoms with Crippen LogP contribution >= 0.6 is 11.6 Å². The van der Waals surface area contributed by atoms with Crippen LogP contribution in [-0.4, -0.2) is 24.7 Å². The fourth-order valence-corrected chi connectivity index (χ4v) is 2.62. The molecule has 1 aromatic heterocycles. The minimum absolute atomic E-state index is 0.208. The summed E-state index contributed by atoms with van der Waals surface area (Å²) in [7, 11) is 0. The van der Waals surface area contributed by atoms with E-state index in [1.54, 1.807) is 6.07 Å². The maximum atomic E-state index is 6.11. The molecule has 0 spiro atoms. The monoisotopic (exact) mass is 266 g/mol. The Morgan fingerprint density at radius 1 is 1.33 bits per heavy atom. The van der Waals surface area contributed by atoms with Crippen molar-refractivity contribution in [1.82, 2.24) is 4.98 Å². The third-order valence-electron chi connectivity index (χ3n) is 3.66. The number of para-hydroxylation sites is 1. The fourth-order valence-electron chi connectivity index (χ4n) is 2.41. The molecule has 4 nitrogen and oxygen atoms in total. The number of oxazole rings is 1. The normalized spacial score (nSPS) is 19.2. The molecule has 0 aliphatic carbocycles. The Morgan fingerprint density at radius 2 is 2.11 bits per heavy atom. The largest absolute Gasteiger partial charge is 0.438 e. The molecular weight excluding hydrogens is 252 g/mol. The molecule has 0 amide bonds. The molecule has 18 heavy (non-hydrogen) atoms. The number of benzene rings is 1. The second-order valence-corrected chi connectivity index (χ2v) is 5.11. The van der Waals surface area contributed by atoms with Crippen molar-refractivity contribution in [1.29, 1.82) is 0 Å². The van der Waals surface area contributed by atoms with Gasteiger partial charge in [0.2, 0.25) is 5.89 Å². The highest BCUT2D eigenvalue weighted by molar-refractivity contribution is 6.34. The predicted octanol–water partition coefficient (Wildman–Crippen LogP) is 2.49. The number of ether oxygens (including phenoxy) is 1. The summed E-state index contributed by atoms with van der Waals surface area (Å²) >= 11 is 6.11. The van der Waals surface area contributed by atoms with Crippen LogP contribution < -0.4 is 5.73 Å². The van der Waals surface area contributed by atoms with Crippen LogP contribution in [0.25, 0.3) is 11.1 Å². The molecule has 1 aliphatic heterocycles. The first-order valence-electron chi connectivity index (χ1n) is 6.08. The Kier molecular flexibility index (Phi) is 3.01. The molecule has 1 fully saturated rings. The van der Waals surface area contributed by atoms with E-state index in [0.29, 0.717) is 36.3 Å². The van der Waals surface area contributed by atoms with E-state index in [2.05, 4.69) is 4.98 Å². The number of nitrogens with two attached hydrogens (primary N) is 1. The second kappa shape index (κ2) is 4.53. The van der Waals surface area contributed by atoms with Crippen molar-refractivity contribution < 1.29 is 9.15 Å². The van der Waals surface area contributed by atoms with Crippen LogP contribution in [0.2, 0.25) is 5.02 Å². The Balaban J connectivity index is 2.09. The van der Waals surface area contributed by atoms with Crippen molar-refractivity contribution >= 4 is 22.7 Å². The van der Waals surface area contributed by atoms with Gasteiger partial charge in [-0.15, -0.1) is 0 Å². The topological polar surface area (TPSA) is 61.3 Å². The van der Waals surface area contributed by atoms with Crippen LogP contribution in [0.3, 0.4) is 0 Å². The van der Waals surface area contributed by atoms with E-state index >= 15 is 0 Å². The highest BCUT2D eigenvalue weighted by Crippen LogP contribution is 2.36. The lowest BCUT2D eigenvalue weighted by Gasteiger charge is -2.32. The fraction of sp³-hybridized carbons (Fsp3) is 0.462. The Morgan fingerprint density at radius 3 is 2.78 bits per heavy atom. The second-order valence-electron chi connectivity index (χ2n) is 4.70. The summed E-state index contributed by atoms with van der Waals surface area (Å²) in [5, 5.41) is 0.588. The van der Waals surface area contributed by atoms with Crippen LogP contribution in [-0.2, 0) is 10.2 Å². The van der Waals surface area contributed by atoms with E-state index in [4.69, 9.17) is 26.5 Å². The van der Waals surface area contributed by atoms with Gasteiger partial charge >= 0.3 is 0 Å². The molecule has 2 aromatic rings. The van der Waals surface area contributed by atoms with Crippen molar-refractivity contribution in [2.75, 3.05) is 19.8 Å². The maximum Gasteiger partial charge on any atom is 0.203 e. The lowest BCUT2D eigenvalue weighted by atomic mass is 9.80. The molecule has 0 bridgehead atoms. The van der Waals surface area contributed by atoms with Gasteiger partial charge in [0.1, 0.15) is 5.52 Å². The quantitative estimate of drug-likeness (QED) is 0.907. The molecule has 1 aromatic carbocycles. The lowest BCUT2D eigenvalue weighted by molar-refractivity contribution is 0.0438. The van der Waals surface area contributed by atoms with E-state index in [1.807, 2.05) is 12.1 Å². The third-order valence-corrected chi connectivity index (χ3v) is 3.96. The number of nitrogens with zero attached hydrogens (tertiary/aromatic N) is 1. The molecule has 5 heteroatoms. The highest BCUT2D eigenvalue weighted by atomic mass is 35.5. The maximum absolute atomic E-state index is 6.11. The average molecular weight is 267 g/mol. The van der Waals surface area contributed by atoms with E-state index in [0.717, 1.165) is 18.4 Å². The van der Waals surface area contributed by atoms with Gasteiger partial charge in [0.15, 0.2) is 5.58 Å². The van der Waals surface area contributed by atoms with Crippen molar-refractivity contribution in [2.45, 2.75) is 18.3 Å². The summed E-state index contributed by atoms with van der Waals surface area (Å²) in [6.45, 7) is 1.91. The van der Waals surface area contributed by atoms with Gasteiger partial charge in [-0.05, 0) is 25.0 Å². The summed E-state index contributed by atoms with van der Waals surface area (Å²) in [4.78, 5) is 4.55. The van der Waals surface area contributed by atoms with Crippen LogP contribution in [0.4, 0.5) is 0 Å². The number of rotatable bonds is 2. The van der Waals surface area contributed by atoms with E-state index < -0.39 is 0 Å². The molecule has 0 radical (unpaired) electrons. The highest BCUT2D eigenvalue weighted by Gasteiger charge is 2.38. The Hall–Kier alpha value is -1.10. The summed E-state index contributed by atoms with van der Waals surface area (Å²) in [5.74, 6) is 0.691. The molecule has 0 unspecified atom stereocenters. The average Bonchev–Trinajstić information content (AvgIpc) is 2.85. The Labute approximate surface area is 110 Å². The van der Waals surface area contributed by atoms with Gasteiger partial charge in [0, 0.05) is 19.8 Å². The molecule has 2 heterocycles. The summed E-state index contributed by atoms with van der Waals surface area (Å²) < 4.78 is 11.2. The number of hydrogen-bond donors (Lipinski definition) is 1. The SMILES string of the molecule is NCC1(c2nc3cccc(Cl)c3o2)CCOCC1. The minimum Gasteiger partial charge on any atom is -0.438 e. The number of halogens is 1. The van der Waals surface area contributed by atoms with Gasteiger partial charge in [-0.3, -0.25) is 0 Å². The van der Waals surface area contributed by atoms with Gasteiger partial charge in [0.05, 0.1) is 10.4 Å². The summed E-state index contributed by atoms with van der Waals surface area (Å²) in [6, 6.07) is 5.58. The number of fused-ring (bicyclic) bond motifs is 1. The molecule has 1 aliphatic rings. The molecule has 96 valence electrons.